The summed E-state index contributed by atoms with van der Waals surface area (Å²) in [6.07, 6.45) is 1.67. The zero-order chi connectivity index (χ0) is 26.5. The maximum atomic E-state index is 10.2. The highest BCUT2D eigenvalue weighted by molar-refractivity contribution is 6.30. The van der Waals surface area contributed by atoms with Crippen LogP contribution in [0.25, 0.3) is 22.5 Å². The van der Waals surface area contributed by atoms with E-state index in [4.69, 9.17) is 20.8 Å². The monoisotopic (exact) mass is 516 g/mol. The van der Waals surface area contributed by atoms with Gasteiger partial charge in [-0.25, -0.2) is 4.99 Å². The van der Waals surface area contributed by atoms with Crippen LogP contribution in [0.15, 0.2) is 106 Å². The normalized spacial score (nSPS) is 11.0. The van der Waals surface area contributed by atoms with Crippen molar-refractivity contribution >= 4 is 23.7 Å². The second-order valence-electron chi connectivity index (χ2n) is 9.04. The van der Waals surface area contributed by atoms with Crippen LogP contribution in [0.1, 0.15) is 27.8 Å². The Labute approximate surface area is 227 Å². The number of rotatable bonds is 7. The molecule has 38 heavy (non-hydrogen) atoms. The van der Waals surface area contributed by atoms with E-state index in [9.17, 15) is 5.26 Å². The first-order chi connectivity index (χ1) is 18.5. The minimum Gasteiger partial charge on any atom is -0.488 e. The molecule has 0 aliphatic heterocycles. The fraction of sp³-hybridized carbons (Fsp3) is 0.0909. The second-order valence-corrected chi connectivity index (χ2v) is 9.48. The smallest absolute Gasteiger partial charge is 0.238 e. The molecule has 0 saturated carbocycles. The van der Waals surface area contributed by atoms with Crippen molar-refractivity contribution in [1.82, 2.24) is 0 Å². The highest BCUT2D eigenvalue weighted by Crippen LogP contribution is 2.42. The maximum Gasteiger partial charge on any atom is 0.238 e. The summed E-state index contributed by atoms with van der Waals surface area (Å²) in [5, 5.41) is 10.8. The molecule has 5 rings (SSSR count). The molecule has 5 aromatic rings. The number of aryl methyl sites for hydroxylation is 2. The quantitative estimate of drug-likeness (QED) is 0.203. The molecular weight excluding hydrogens is 492 g/mol. The fourth-order valence-corrected chi connectivity index (χ4v) is 4.37. The van der Waals surface area contributed by atoms with E-state index in [-0.39, 0.29) is 5.88 Å². The lowest BCUT2D eigenvalue weighted by molar-refractivity contribution is 0.306. The number of nitrogens with zero attached hydrogens (tertiary/aromatic N) is 2. The van der Waals surface area contributed by atoms with Gasteiger partial charge in [0.05, 0.1) is 0 Å². The van der Waals surface area contributed by atoms with E-state index in [0.717, 1.165) is 38.9 Å². The van der Waals surface area contributed by atoms with Crippen LogP contribution in [0.2, 0.25) is 5.02 Å². The molecule has 0 N–H and O–H groups in total. The minimum absolute atomic E-state index is 0.253. The van der Waals surface area contributed by atoms with Gasteiger partial charge in [0, 0.05) is 27.9 Å². The Kier molecular flexibility index (Phi) is 7.40. The van der Waals surface area contributed by atoms with Crippen molar-refractivity contribution in [3.05, 3.63) is 130 Å². The van der Waals surface area contributed by atoms with Crippen LogP contribution >= 0.6 is 11.6 Å². The van der Waals surface area contributed by atoms with Gasteiger partial charge in [-0.1, -0.05) is 95.5 Å². The largest absolute Gasteiger partial charge is 0.488 e. The topological polar surface area (TPSA) is 58.5 Å². The summed E-state index contributed by atoms with van der Waals surface area (Å²) >= 11 is 6.11. The summed E-state index contributed by atoms with van der Waals surface area (Å²) in [4.78, 5) is 4.63. The van der Waals surface area contributed by atoms with Crippen molar-refractivity contribution in [1.29, 1.82) is 5.26 Å². The molecule has 0 radical (unpaired) electrons. The van der Waals surface area contributed by atoms with Gasteiger partial charge in [0.1, 0.15) is 29.7 Å². The molecular formula is C33H25ClN2O2. The summed E-state index contributed by atoms with van der Waals surface area (Å²) in [5.41, 5.74) is 6.92. The van der Waals surface area contributed by atoms with Gasteiger partial charge in [0.25, 0.3) is 0 Å². The van der Waals surface area contributed by atoms with Crippen LogP contribution in [0.3, 0.4) is 0 Å². The molecule has 1 aromatic heterocycles. The molecule has 0 fully saturated rings. The third-order valence-electron chi connectivity index (χ3n) is 6.18. The standard InChI is InChI=1S/C33H25ClN2O2/c1-22-10-14-25(15-11-22)31-29(19-35)33(38-32(31)26-16-12-23(2)13-17-26)36-20-27-7-3-4-9-30(27)37-21-24-6-5-8-28(34)18-24/h3-18,20H,21H2,1-2H3. The van der Waals surface area contributed by atoms with E-state index in [1.807, 2.05) is 111 Å². The average Bonchev–Trinajstić information content (AvgIpc) is 3.30. The van der Waals surface area contributed by atoms with Gasteiger partial charge >= 0.3 is 0 Å². The molecule has 0 unspecified atom stereocenters. The summed E-state index contributed by atoms with van der Waals surface area (Å²) in [7, 11) is 0. The predicted molar refractivity (Wildman–Crippen MR) is 153 cm³/mol. The van der Waals surface area contributed by atoms with Crippen LogP contribution in [0, 0.1) is 25.2 Å². The first kappa shape index (κ1) is 25.1. The van der Waals surface area contributed by atoms with Gasteiger partial charge in [-0.2, -0.15) is 5.26 Å². The highest BCUT2D eigenvalue weighted by Gasteiger charge is 2.23. The van der Waals surface area contributed by atoms with Crippen molar-refractivity contribution in [3.63, 3.8) is 0 Å². The van der Waals surface area contributed by atoms with Gasteiger partial charge in [-0.15, -0.1) is 0 Å². The van der Waals surface area contributed by atoms with Crippen molar-refractivity contribution in [2.45, 2.75) is 20.5 Å². The molecule has 4 nitrogen and oxygen atoms in total. The zero-order valence-corrected chi connectivity index (χ0v) is 21.9. The molecule has 1 heterocycles. The number of para-hydroxylation sites is 1. The van der Waals surface area contributed by atoms with E-state index in [1.54, 1.807) is 6.21 Å². The summed E-state index contributed by atoms with van der Waals surface area (Å²) in [6.45, 7) is 4.44. The van der Waals surface area contributed by atoms with Gasteiger partial charge in [0.2, 0.25) is 5.88 Å². The van der Waals surface area contributed by atoms with Crippen LogP contribution in [-0.2, 0) is 6.61 Å². The number of nitriles is 1. The van der Waals surface area contributed by atoms with Gasteiger partial charge in [0.15, 0.2) is 0 Å². The van der Waals surface area contributed by atoms with Crippen molar-refractivity contribution < 1.29 is 9.15 Å². The number of halogens is 1. The van der Waals surface area contributed by atoms with E-state index < -0.39 is 0 Å². The first-order valence-corrected chi connectivity index (χ1v) is 12.6. The molecule has 0 bridgehead atoms. The summed E-state index contributed by atoms with van der Waals surface area (Å²) in [6, 6.07) is 33.6. The molecule has 0 amide bonds. The molecule has 0 atom stereocenters. The van der Waals surface area contributed by atoms with E-state index in [2.05, 4.69) is 11.1 Å². The molecule has 0 aliphatic carbocycles. The van der Waals surface area contributed by atoms with Gasteiger partial charge in [-0.05, 0) is 49.2 Å². The Hall–Kier alpha value is -4.59. The van der Waals surface area contributed by atoms with E-state index in [0.29, 0.717) is 28.7 Å². The van der Waals surface area contributed by atoms with Crippen LogP contribution in [0.4, 0.5) is 5.88 Å². The van der Waals surface area contributed by atoms with Crippen LogP contribution in [-0.4, -0.2) is 6.21 Å². The molecule has 5 heteroatoms. The lowest BCUT2D eigenvalue weighted by Gasteiger charge is -2.09. The summed E-state index contributed by atoms with van der Waals surface area (Å²) in [5.74, 6) is 1.53. The Balaban J connectivity index is 1.53. The highest BCUT2D eigenvalue weighted by atomic mass is 35.5. The third kappa shape index (κ3) is 5.54. The Morgan fingerprint density at radius 2 is 1.55 bits per heavy atom. The first-order valence-electron chi connectivity index (χ1n) is 12.2. The lowest BCUT2D eigenvalue weighted by Crippen LogP contribution is -1.98. The Morgan fingerprint density at radius 1 is 0.868 bits per heavy atom. The van der Waals surface area contributed by atoms with Crippen LogP contribution in [0.5, 0.6) is 5.75 Å². The second kappa shape index (κ2) is 11.2. The Morgan fingerprint density at radius 3 is 2.24 bits per heavy atom. The fourth-order valence-electron chi connectivity index (χ4n) is 4.15. The number of ether oxygens (including phenoxy) is 1. The molecule has 0 saturated heterocycles. The minimum atomic E-state index is 0.253. The van der Waals surface area contributed by atoms with Crippen LogP contribution < -0.4 is 4.74 Å². The van der Waals surface area contributed by atoms with E-state index >= 15 is 0 Å². The number of hydrogen-bond donors (Lipinski definition) is 0. The number of furan rings is 1. The van der Waals surface area contributed by atoms with Crippen molar-refractivity contribution in [3.8, 4) is 34.3 Å². The lowest BCUT2D eigenvalue weighted by atomic mass is 9.97. The predicted octanol–water partition coefficient (Wildman–Crippen LogP) is 9.09. The number of benzene rings is 4. The van der Waals surface area contributed by atoms with Crippen molar-refractivity contribution in [2.24, 2.45) is 4.99 Å². The number of hydrogen-bond acceptors (Lipinski definition) is 4. The zero-order valence-electron chi connectivity index (χ0n) is 21.1. The maximum absolute atomic E-state index is 10.2. The number of aliphatic imine (C=N–C) groups is 1. The van der Waals surface area contributed by atoms with Gasteiger partial charge in [-0.3, -0.25) is 0 Å². The average molecular weight is 517 g/mol. The van der Waals surface area contributed by atoms with Gasteiger partial charge < -0.3 is 9.15 Å². The third-order valence-corrected chi connectivity index (χ3v) is 6.41. The van der Waals surface area contributed by atoms with E-state index in [1.165, 1.54) is 0 Å². The molecule has 186 valence electrons. The SMILES string of the molecule is Cc1ccc(-c2oc(N=Cc3ccccc3OCc3cccc(Cl)c3)c(C#N)c2-c2ccc(C)cc2)cc1. The Bertz CT molecular complexity index is 1640. The van der Waals surface area contributed by atoms with Crippen molar-refractivity contribution in [2.75, 3.05) is 0 Å². The molecule has 0 spiro atoms. The molecule has 4 aromatic carbocycles. The summed E-state index contributed by atoms with van der Waals surface area (Å²) < 4.78 is 12.3. The molecule has 0 aliphatic rings.